The maximum absolute atomic E-state index is 10.4. The van der Waals surface area contributed by atoms with Gasteiger partial charge in [-0.05, 0) is 38.8 Å². The SMILES string of the molecule is CC.Cc1cccc(CCC(C)Nc2ncnc(NC=O)n2)n1. The van der Waals surface area contributed by atoms with Gasteiger partial charge in [-0.25, -0.2) is 9.97 Å². The van der Waals surface area contributed by atoms with Gasteiger partial charge >= 0.3 is 0 Å². The number of aryl methyl sites for hydroxylation is 2. The monoisotopic (exact) mass is 316 g/mol. The van der Waals surface area contributed by atoms with Crippen LogP contribution in [-0.2, 0) is 11.2 Å². The molecule has 0 aromatic carbocycles. The Morgan fingerprint density at radius 3 is 2.61 bits per heavy atom. The number of hydrogen-bond donors (Lipinski definition) is 2. The van der Waals surface area contributed by atoms with Crippen molar-refractivity contribution in [3.63, 3.8) is 0 Å². The van der Waals surface area contributed by atoms with Crippen molar-refractivity contribution < 1.29 is 4.79 Å². The van der Waals surface area contributed by atoms with Gasteiger partial charge in [-0.2, -0.15) is 4.98 Å². The molecule has 2 heterocycles. The summed E-state index contributed by atoms with van der Waals surface area (Å²) in [6, 6.07) is 6.20. The molecule has 7 nitrogen and oxygen atoms in total. The normalized spacial score (nSPS) is 11.0. The van der Waals surface area contributed by atoms with Gasteiger partial charge in [0.15, 0.2) is 0 Å². The van der Waals surface area contributed by atoms with Gasteiger partial charge in [0.2, 0.25) is 18.3 Å². The van der Waals surface area contributed by atoms with Gasteiger partial charge in [0.1, 0.15) is 6.33 Å². The van der Waals surface area contributed by atoms with E-state index in [2.05, 4.69) is 30.6 Å². The van der Waals surface area contributed by atoms with Gasteiger partial charge in [0.25, 0.3) is 0 Å². The average Bonchev–Trinajstić information content (AvgIpc) is 2.56. The molecule has 1 amide bonds. The summed E-state index contributed by atoms with van der Waals surface area (Å²) in [5.74, 6) is 0.675. The van der Waals surface area contributed by atoms with Crippen LogP contribution in [0.25, 0.3) is 0 Å². The Kier molecular flexibility index (Phi) is 8.20. The van der Waals surface area contributed by atoms with Crippen molar-refractivity contribution in [2.45, 2.75) is 46.6 Å². The molecule has 2 aromatic rings. The molecule has 0 saturated carbocycles. The third-order valence-electron chi connectivity index (χ3n) is 2.91. The van der Waals surface area contributed by atoms with Gasteiger partial charge in [-0.3, -0.25) is 15.1 Å². The van der Waals surface area contributed by atoms with Crippen LogP contribution in [0.2, 0.25) is 0 Å². The van der Waals surface area contributed by atoms with Gasteiger partial charge in [-0.15, -0.1) is 0 Å². The Morgan fingerprint density at radius 1 is 1.17 bits per heavy atom. The highest BCUT2D eigenvalue weighted by Gasteiger charge is 2.06. The van der Waals surface area contributed by atoms with Crippen LogP contribution in [0, 0.1) is 6.92 Å². The fourth-order valence-corrected chi connectivity index (χ4v) is 1.88. The first-order valence-corrected chi connectivity index (χ1v) is 7.75. The summed E-state index contributed by atoms with van der Waals surface area (Å²) >= 11 is 0. The molecule has 124 valence electrons. The second kappa shape index (κ2) is 10.2. The van der Waals surface area contributed by atoms with Crippen molar-refractivity contribution in [1.82, 2.24) is 19.9 Å². The molecule has 0 radical (unpaired) electrons. The van der Waals surface area contributed by atoms with Crippen LogP contribution in [0.4, 0.5) is 11.9 Å². The lowest BCUT2D eigenvalue weighted by Gasteiger charge is -2.13. The maximum atomic E-state index is 10.4. The Labute approximate surface area is 137 Å². The number of amides is 1. The molecule has 2 aromatic heterocycles. The minimum Gasteiger partial charge on any atom is -0.352 e. The first-order valence-electron chi connectivity index (χ1n) is 7.75. The van der Waals surface area contributed by atoms with Crippen LogP contribution in [-0.4, -0.2) is 32.4 Å². The molecule has 0 bridgehead atoms. The number of nitrogens with one attached hydrogen (secondary N) is 2. The van der Waals surface area contributed by atoms with Gasteiger partial charge in [-0.1, -0.05) is 19.9 Å². The molecule has 23 heavy (non-hydrogen) atoms. The molecule has 7 heteroatoms. The molecule has 1 unspecified atom stereocenters. The molecular weight excluding hydrogens is 292 g/mol. The molecule has 0 aliphatic carbocycles. The fraction of sp³-hybridized carbons (Fsp3) is 0.438. The fourth-order valence-electron chi connectivity index (χ4n) is 1.88. The van der Waals surface area contributed by atoms with Crippen LogP contribution >= 0.6 is 0 Å². The summed E-state index contributed by atoms with van der Waals surface area (Å²) in [5, 5.41) is 5.57. The number of pyridine rings is 1. The van der Waals surface area contributed by atoms with E-state index in [1.807, 2.05) is 45.9 Å². The molecule has 2 N–H and O–H groups in total. The molecule has 0 aliphatic rings. The first kappa shape index (κ1) is 18.5. The topological polar surface area (TPSA) is 92.7 Å². The molecule has 0 aliphatic heterocycles. The second-order valence-electron chi connectivity index (χ2n) is 4.75. The van der Waals surface area contributed by atoms with E-state index < -0.39 is 0 Å². The summed E-state index contributed by atoms with van der Waals surface area (Å²) in [6.45, 7) is 8.03. The van der Waals surface area contributed by atoms with E-state index in [1.54, 1.807) is 0 Å². The lowest BCUT2D eigenvalue weighted by atomic mass is 10.1. The van der Waals surface area contributed by atoms with Gasteiger partial charge in [0, 0.05) is 17.4 Å². The minimum absolute atomic E-state index is 0.179. The predicted molar refractivity (Wildman–Crippen MR) is 91.2 cm³/mol. The average molecular weight is 316 g/mol. The highest BCUT2D eigenvalue weighted by Crippen LogP contribution is 2.08. The predicted octanol–water partition coefficient (Wildman–Crippen LogP) is 2.60. The number of aromatic nitrogens is 4. The van der Waals surface area contributed by atoms with Crippen molar-refractivity contribution in [3.05, 3.63) is 35.9 Å². The van der Waals surface area contributed by atoms with E-state index in [4.69, 9.17) is 0 Å². The van der Waals surface area contributed by atoms with Crippen molar-refractivity contribution >= 4 is 18.3 Å². The van der Waals surface area contributed by atoms with E-state index in [0.29, 0.717) is 12.4 Å². The first-order chi connectivity index (χ1) is 11.2. The summed E-state index contributed by atoms with van der Waals surface area (Å²) in [7, 11) is 0. The lowest BCUT2D eigenvalue weighted by Crippen LogP contribution is -2.18. The number of carbonyl (C=O) groups excluding carboxylic acids is 1. The summed E-state index contributed by atoms with van der Waals surface area (Å²) < 4.78 is 0. The zero-order valence-corrected chi connectivity index (χ0v) is 14.1. The lowest BCUT2D eigenvalue weighted by molar-refractivity contribution is -0.105. The van der Waals surface area contributed by atoms with E-state index in [-0.39, 0.29) is 12.0 Å². The molecule has 0 fully saturated rings. The maximum Gasteiger partial charge on any atom is 0.233 e. The van der Waals surface area contributed by atoms with E-state index in [0.717, 1.165) is 24.2 Å². The second-order valence-corrected chi connectivity index (χ2v) is 4.75. The van der Waals surface area contributed by atoms with E-state index >= 15 is 0 Å². The smallest absolute Gasteiger partial charge is 0.233 e. The van der Waals surface area contributed by atoms with Crippen molar-refractivity contribution in [3.8, 4) is 0 Å². The largest absolute Gasteiger partial charge is 0.352 e. The quantitative estimate of drug-likeness (QED) is 0.763. The molecule has 2 rings (SSSR count). The number of anilines is 2. The van der Waals surface area contributed by atoms with Crippen molar-refractivity contribution in [1.29, 1.82) is 0 Å². The highest BCUT2D eigenvalue weighted by atomic mass is 16.1. The molecule has 0 spiro atoms. The number of nitrogens with zero attached hydrogens (tertiary/aromatic N) is 4. The molecule has 1 atom stereocenters. The molecular formula is C16H24N6O. The Hall–Kier alpha value is -2.57. The van der Waals surface area contributed by atoms with Crippen molar-refractivity contribution in [2.24, 2.45) is 0 Å². The van der Waals surface area contributed by atoms with Crippen molar-refractivity contribution in [2.75, 3.05) is 10.6 Å². The Bertz CT molecular complexity index is 605. The molecule has 0 saturated heterocycles. The third kappa shape index (κ3) is 6.82. The number of hydrogen-bond acceptors (Lipinski definition) is 6. The summed E-state index contributed by atoms with van der Waals surface area (Å²) in [4.78, 5) is 26.8. The van der Waals surface area contributed by atoms with Gasteiger partial charge < -0.3 is 5.32 Å². The minimum atomic E-state index is 0.179. The van der Waals surface area contributed by atoms with Crippen LogP contribution in [0.1, 0.15) is 38.6 Å². The van der Waals surface area contributed by atoms with E-state index in [9.17, 15) is 4.79 Å². The summed E-state index contributed by atoms with van der Waals surface area (Å²) in [6.07, 6.45) is 3.67. The zero-order valence-electron chi connectivity index (χ0n) is 14.1. The highest BCUT2D eigenvalue weighted by molar-refractivity contribution is 5.66. The standard InChI is InChI=1S/C14H18N6O.C2H6/c1-10-4-3-5-12(18-10)7-6-11(2)19-14-16-8-15-13(20-14)17-9-21;1-2/h3-5,8-9,11H,6-7H2,1-2H3,(H2,15,16,17,19,20,21);1-2H3. The Balaban J connectivity index is 0.00000127. The Morgan fingerprint density at radius 2 is 1.91 bits per heavy atom. The van der Waals surface area contributed by atoms with Crippen LogP contribution in [0.3, 0.4) is 0 Å². The third-order valence-corrected chi connectivity index (χ3v) is 2.91. The van der Waals surface area contributed by atoms with Crippen LogP contribution < -0.4 is 10.6 Å². The van der Waals surface area contributed by atoms with Crippen LogP contribution in [0.15, 0.2) is 24.5 Å². The number of rotatable bonds is 7. The van der Waals surface area contributed by atoms with Gasteiger partial charge in [0.05, 0.1) is 0 Å². The van der Waals surface area contributed by atoms with E-state index in [1.165, 1.54) is 6.33 Å². The summed E-state index contributed by atoms with van der Waals surface area (Å²) in [5.41, 5.74) is 2.10. The number of carbonyl (C=O) groups is 1. The zero-order chi connectivity index (χ0) is 17.1. The van der Waals surface area contributed by atoms with Crippen LogP contribution in [0.5, 0.6) is 0 Å².